The molecule has 1 N–H and O–H groups in total. The topological polar surface area (TPSA) is 46.2 Å². The fourth-order valence-corrected chi connectivity index (χ4v) is 3.32. The molecule has 0 saturated carbocycles. The van der Waals surface area contributed by atoms with Crippen molar-refractivity contribution < 1.29 is 8.42 Å². The number of hydrogen-bond acceptors (Lipinski definition) is 2. The molecule has 0 amide bonds. The van der Waals surface area contributed by atoms with Gasteiger partial charge in [0.2, 0.25) is 0 Å². The van der Waals surface area contributed by atoms with Crippen molar-refractivity contribution in [2.24, 2.45) is 0 Å². The zero-order valence-corrected chi connectivity index (χ0v) is 13.3. The maximum absolute atomic E-state index is 12.2. The standard InChI is InChI=1S/C12H8BrCl2NO2S/c13-11-7-10(4-5-12(11)15)19(17,18)16-9-3-1-2-8(14)6-9/h1-7,16H. The molecule has 0 aromatic heterocycles. The van der Waals surface area contributed by atoms with Gasteiger partial charge in [0, 0.05) is 9.50 Å². The summed E-state index contributed by atoms with van der Waals surface area (Å²) in [7, 11) is -3.67. The van der Waals surface area contributed by atoms with Gasteiger partial charge in [-0.2, -0.15) is 0 Å². The van der Waals surface area contributed by atoms with Crippen LogP contribution in [0.4, 0.5) is 5.69 Å². The summed E-state index contributed by atoms with van der Waals surface area (Å²) in [4.78, 5) is 0.115. The van der Waals surface area contributed by atoms with E-state index in [-0.39, 0.29) is 4.90 Å². The van der Waals surface area contributed by atoms with Gasteiger partial charge in [0.15, 0.2) is 0 Å². The van der Waals surface area contributed by atoms with Gasteiger partial charge in [-0.05, 0) is 52.3 Å². The van der Waals surface area contributed by atoms with E-state index in [4.69, 9.17) is 23.2 Å². The molecule has 0 unspecified atom stereocenters. The van der Waals surface area contributed by atoms with Crippen molar-refractivity contribution in [1.82, 2.24) is 0 Å². The van der Waals surface area contributed by atoms with Gasteiger partial charge in [-0.15, -0.1) is 0 Å². The van der Waals surface area contributed by atoms with E-state index in [1.807, 2.05) is 0 Å². The first kappa shape index (κ1) is 14.7. The summed E-state index contributed by atoms with van der Waals surface area (Å²) in [5, 5.41) is 0.902. The van der Waals surface area contributed by atoms with E-state index >= 15 is 0 Å². The van der Waals surface area contributed by atoms with Gasteiger partial charge in [-0.3, -0.25) is 4.72 Å². The monoisotopic (exact) mass is 379 g/mol. The summed E-state index contributed by atoms with van der Waals surface area (Å²) in [5.41, 5.74) is 0.401. The Kier molecular flexibility index (Phi) is 4.40. The average Bonchev–Trinajstić information content (AvgIpc) is 2.32. The first-order valence-corrected chi connectivity index (χ1v) is 8.15. The van der Waals surface area contributed by atoms with E-state index in [2.05, 4.69) is 20.7 Å². The molecular weight excluding hydrogens is 373 g/mol. The molecule has 0 fully saturated rings. The highest BCUT2D eigenvalue weighted by Crippen LogP contribution is 2.26. The highest BCUT2D eigenvalue weighted by molar-refractivity contribution is 9.10. The largest absolute Gasteiger partial charge is 0.280 e. The summed E-state index contributed by atoms with van der Waals surface area (Å²) in [5.74, 6) is 0. The normalized spacial score (nSPS) is 11.3. The summed E-state index contributed by atoms with van der Waals surface area (Å²) < 4.78 is 27.3. The van der Waals surface area contributed by atoms with E-state index in [0.717, 1.165) is 0 Å². The van der Waals surface area contributed by atoms with Gasteiger partial charge in [-0.1, -0.05) is 29.3 Å². The zero-order valence-electron chi connectivity index (χ0n) is 9.40. The Morgan fingerprint density at radius 3 is 2.42 bits per heavy atom. The molecule has 0 saturated heterocycles. The summed E-state index contributed by atoms with van der Waals surface area (Å²) >= 11 is 14.8. The van der Waals surface area contributed by atoms with Gasteiger partial charge in [0.1, 0.15) is 0 Å². The van der Waals surface area contributed by atoms with Crippen LogP contribution in [0.5, 0.6) is 0 Å². The Balaban J connectivity index is 2.35. The molecule has 2 aromatic carbocycles. The van der Waals surface area contributed by atoms with Crippen LogP contribution in [-0.4, -0.2) is 8.42 Å². The predicted octanol–water partition coefficient (Wildman–Crippen LogP) is 4.56. The Hall–Kier alpha value is -0.750. The average molecular weight is 381 g/mol. The highest BCUT2D eigenvalue weighted by Gasteiger charge is 2.15. The Morgan fingerprint density at radius 2 is 1.79 bits per heavy atom. The molecule has 0 atom stereocenters. The third-order valence-corrected chi connectivity index (χ3v) is 5.11. The van der Waals surface area contributed by atoms with Crippen LogP contribution in [0.1, 0.15) is 0 Å². The van der Waals surface area contributed by atoms with Crippen LogP contribution in [0.3, 0.4) is 0 Å². The van der Waals surface area contributed by atoms with Crippen molar-refractivity contribution in [3.8, 4) is 0 Å². The van der Waals surface area contributed by atoms with Crippen LogP contribution in [-0.2, 0) is 10.0 Å². The van der Waals surface area contributed by atoms with E-state index < -0.39 is 10.0 Å². The number of hydrogen-bond donors (Lipinski definition) is 1. The molecule has 2 rings (SSSR count). The summed E-state index contributed by atoms with van der Waals surface area (Å²) in [6, 6.07) is 10.9. The van der Waals surface area contributed by atoms with Crippen LogP contribution in [0.25, 0.3) is 0 Å². The Bertz CT molecular complexity index is 719. The SMILES string of the molecule is O=S(=O)(Nc1cccc(Cl)c1)c1ccc(Cl)c(Br)c1. The lowest BCUT2D eigenvalue weighted by atomic mass is 10.3. The Labute approximate surface area is 129 Å². The fourth-order valence-electron chi connectivity index (χ4n) is 1.41. The molecule has 0 aliphatic heterocycles. The van der Waals surface area contributed by atoms with Crippen LogP contribution in [0.2, 0.25) is 10.0 Å². The number of sulfonamides is 1. The number of nitrogens with one attached hydrogen (secondary N) is 1. The van der Waals surface area contributed by atoms with E-state index in [0.29, 0.717) is 20.2 Å². The second-order valence-corrected chi connectivity index (χ2v) is 7.07. The molecule has 0 spiro atoms. The van der Waals surface area contributed by atoms with Crippen molar-refractivity contribution in [3.05, 3.63) is 57.0 Å². The van der Waals surface area contributed by atoms with Gasteiger partial charge in [0.05, 0.1) is 15.6 Å². The predicted molar refractivity (Wildman–Crippen MR) is 81.4 cm³/mol. The molecular formula is C12H8BrCl2NO2S. The van der Waals surface area contributed by atoms with Crippen LogP contribution >= 0.6 is 39.1 Å². The van der Waals surface area contributed by atoms with Crippen molar-refractivity contribution in [3.63, 3.8) is 0 Å². The lowest BCUT2D eigenvalue weighted by molar-refractivity contribution is 0.601. The molecule has 0 radical (unpaired) electrons. The quantitative estimate of drug-likeness (QED) is 0.848. The van der Waals surface area contributed by atoms with Gasteiger partial charge in [0.25, 0.3) is 10.0 Å². The second-order valence-electron chi connectivity index (χ2n) is 3.69. The maximum Gasteiger partial charge on any atom is 0.261 e. The van der Waals surface area contributed by atoms with Gasteiger partial charge >= 0.3 is 0 Å². The first-order chi connectivity index (χ1) is 8.88. The number of benzene rings is 2. The number of rotatable bonds is 3. The van der Waals surface area contributed by atoms with Gasteiger partial charge in [-0.25, -0.2) is 8.42 Å². The minimum atomic E-state index is -3.67. The summed E-state index contributed by atoms with van der Waals surface area (Å²) in [6.45, 7) is 0. The molecule has 3 nitrogen and oxygen atoms in total. The van der Waals surface area contributed by atoms with Crippen LogP contribution < -0.4 is 4.72 Å². The van der Waals surface area contributed by atoms with E-state index in [1.54, 1.807) is 18.2 Å². The highest BCUT2D eigenvalue weighted by atomic mass is 79.9. The smallest absolute Gasteiger partial charge is 0.261 e. The van der Waals surface area contributed by atoms with Crippen molar-refractivity contribution in [2.75, 3.05) is 4.72 Å². The third kappa shape index (κ3) is 3.63. The van der Waals surface area contributed by atoms with Crippen molar-refractivity contribution in [2.45, 2.75) is 4.90 Å². The maximum atomic E-state index is 12.2. The number of halogens is 3. The summed E-state index contributed by atoms with van der Waals surface area (Å²) in [6.07, 6.45) is 0. The molecule has 19 heavy (non-hydrogen) atoms. The number of anilines is 1. The molecule has 0 bridgehead atoms. The first-order valence-electron chi connectivity index (χ1n) is 5.12. The van der Waals surface area contributed by atoms with E-state index in [9.17, 15) is 8.42 Å². The van der Waals surface area contributed by atoms with E-state index in [1.165, 1.54) is 24.3 Å². The molecule has 7 heteroatoms. The molecule has 0 heterocycles. The van der Waals surface area contributed by atoms with Crippen LogP contribution in [0, 0.1) is 0 Å². The zero-order chi connectivity index (χ0) is 14.0. The molecule has 100 valence electrons. The van der Waals surface area contributed by atoms with Crippen molar-refractivity contribution in [1.29, 1.82) is 0 Å². The molecule has 2 aromatic rings. The lowest BCUT2D eigenvalue weighted by Gasteiger charge is -2.09. The molecule has 0 aliphatic carbocycles. The fraction of sp³-hybridized carbons (Fsp3) is 0. The Morgan fingerprint density at radius 1 is 1.05 bits per heavy atom. The van der Waals surface area contributed by atoms with Gasteiger partial charge < -0.3 is 0 Å². The lowest BCUT2D eigenvalue weighted by Crippen LogP contribution is -2.12. The minimum Gasteiger partial charge on any atom is -0.280 e. The third-order valence-electron chi connectivity index (χ3n) is 2.28. The van der Waals surface area contributed by atoms with Crippen LogP contribution in [0.15, 0.2) is 51.8 Å². The van der Waals surface area contributed by atoms with Crippen molar-refractivity contribution >= 4 is 54.8 Å². The second kappa shape index (κ2) is 5.71. The molecule has 0 aliphatic rings. The minimum absolute atomic E-state index is 0.115.